The maximum absolute atomic E-state index is 12.7. The number of benzene rings is 1. The van der Waals surface area contributed by atoms with E-state index in [9.17, 15) is 13.8 Å². The van der Waals surface area contributed by atoms with Crippen LogP contribution in [-0.4, -0.2) is 51.1 Å². The molecule has 2 rings (SSSR count). The Labute approximate surface area is 139 Å². The highest BCUT2D eigenvalue weighted by atomic mass is 32.2. The third-order valence-corrected chi connectivity index (χ3v) is 6.10. The van der Waals surface area contributed by atoms with Crippen molar-refractivity contribution >= 4 is 22.6 Å². The van der Waals surface area contributed by atoms with Gasteiger partial charge in [0, 0.05) is 46.8 Å². The second kappa shape index (κ2) is 7.73. The summed E-state index contributed by atoms with van der Waals surface area (Å²) in [7, 11) is -0.882. The van der Waals surface area contributed by atoms with E-state index in [2.05, 4.69) is 5.32 Å². The molecule has 0 spiro atoms. The number of rotatable bonds is 4. The second-order valence-corrected chi connectivity index (χ2v) is 7.78. The largest absolute Gasteiger partial charge is 0.352 e. The fourth-order valence-corrected chi connectivity index (χ4v) is 3.97. The number of hydrogen-bond acceptors (Lipinski definition) is 3. The molecule has 6 heteroatoms. The number of amides is 2. The zero-order valence-corrected chi connectivity index (χ0v) is 14.7. The molecule has 3 atom stereocenters. The summed E-state index contributed by atoms with van der Waals surface area (Å²) in [5, 5.41) is 2.77. The summed E-state index contributed by atoms with van der Waals surface area (Å²) in [6.45, 7) is 6.93. The predicted molar refractivity (Wildman–Crippen MR) is 92.0 cm³/mol. The van der Waals surface area contributed by atoms with Crippen molar-refractivity contribution in [2.75, 3.05) is 18.8 Å². The van der Waals surface area contributed by atoms with E-state index in [0.29, 0.717) is 30.0 Å². The third kappa shape index (κ3) is 3.99. The molecule has 0 bridgehead atoms. The van der Waals surface area contributed by atoms with Crippen molar-refractivity contribution in [3.63, 3.8) is 0 Å². The molecule has 0 saturated carbocycles. The number of carbonyl (C=O) groups is 2. The second-order valence-electron chi connectivity index (χ2n) is 5.87. The first kappa shape index (κ1) is 17.7. The lowest BCUT2D eigenvalue weighted by Crippen LogP contribution is -2.52. The highest BCUT2D eigenvalue weighted by Gasteiger charge is 2.33. The van der Waals surface area contributed by atoms with Crippen LogP contribution in [0, 0.1) is 0 Å². The zero-order valence-electron chi connectivity index (χ0n) is 13.9. The van der Waals surface area contributed by atoms with Gasteiger partial charge >= 0.3 is 0 Å². The number of carbonyl (C=O) groups excluding carboxylic acids is 2. The molecule has 1 saturated heterocycles. The van der Waals surface area contributed by atoms with Crippen molar-refractivity contribution in [1.82, 2.24) is 10.2 Å². The Morgan fingerprint density at radius 1 is 1.30 bits per heavy atom. The van der Waals surface area contributed by atoms with Gasteiger partial charge in [0.15, 0.2) is 0 Å². The molecule has 1 N–H and O–H groups in total. The average molecular weight is 336 g/mol. The number of nitrogens with one attached hydrogen (secondary N) is 1. The Hall–Kier alpha value is -1.69. The van der Waals surface area contributed by atoms with Crippen molar-refractivity contribution in [3.8, 4) is 0 Å². The van der Waals surface area contributed by atoms with Gasteiger partial charge in [-0.25, -0.2) is 0 Å². The van der Waals surface area contributed by atoms with Crippen LogP contribution in [0.2, 0.25) is 0 Å². The fraction of sp³-hybridized carbons (Fsp3) is 0.529. The van der Waals surface area contributed by atoms with Crippen LogP contribution in [0.25, 0.3) is 0 Å². The Morgan fingerprint density at radius 2 is 2.00 bits per heavy atom. The van der Waals surface area contributed by atoms with E-state index < -0.39 is 10.8 Å². The van der Waals surface area contributed by atoms with Crippen molar-refractivity contribution in [3.05, 3.63) is 35.4 Å². The van der Waals surface area contributed by atoms with Crippen molar-refractivity contribution in [2.45, 2.75) is 38.5 Å². The molecule has 1 aromatic rings. The number of nitrogens with zero attached hydrogens (tertiary/aromatic N) is 1. The van der Waals surface area contributed by atoms with Gasteiger partial charge in [0.25, 0.3) is 11.8 Å². The SMILES string of the molecule is CCCNC(=O)c1cccc(C(=O)N2CC[S@@](=O)[C@@H](C)[C@@H]2C)c1. The first-order valence-corrected chi connectivity index (χ1v) is 9.40. The van der Waals surface area contributed by atoms with E-state index in [0.717, 1.165) is 6.42 Å². The van der Waals surface area contributed by atoms with Crippen molar-refractivity contribution < 1.29 is 13.8 Å². The molecule has 0 unspecified atom stereocenters. The highest BCUT2D eigenvalue weighted by Crippen LogP contribution is 2.19. The van der Waals surface area contributed by atoms with E-state index in [4.69, 9.17) is 0 Å². The molecule has 23 heavy (non-hydrogen) atoms. The Bertz CT molecular complexity index is 618. The molecule has 0 radical (unpaired) electrons. The van der Waals surface area contributed by atoms with E-state index in [1.54, 1.807) is 29.2 Å². The molecule has 1 heterocycles. The molecule has 126 valence electrons. The van der Waals surface area contributed by atoms with E-state index in [1.165, 1.54) is 0 Å². The average Bonchev–Trinajstić information content (AvgIpc) is 2.57. The Kier molecular flexibility index (Phi) is 5.93. The lowest BCUT2D eigenvalue weighted by Gasteiger charge is -2.37. The third-order valence-electron chi connectivity index (χ3n) is 4.29. The summed E-state index contributed by atoms with van der Waals surface area (Å²) < 4.78 is 11.9. The molecule has 0 aliphatic carbocycles. The zero-order chi connectivity index (χ0) is 17.0. The molecular weight excluding hydrogens is 312 g/mol. The summed E-state index contributed by atoms with van der Waals surface area (Å²) in [6.07, 6.45) is 0.866. The molecular formula is C17H24N2O3S. The van der Waals surface area contributed by atoms with Gasteiger partial charge in [0.2, 0.25) is 0 Å². The van der Waals surface area contributed by atoms with Gasteiger partial charge in [-0.05, 0) is 38.5 Å². The highest BCUT2D eigenvalue weighted by molar-refractivity contribution is 7.85. The van der Waals surface area contributed by atoms with Crippen molar-refractivity contribution in [2.24, 2.45) is 0 Å². The molecule has 1 aromatic carbocycles. The van der Waals surface area contributed by atoms with Gasteiger partial charge in [0.1, 0.15) is 0 Å². The van der Waals surface area contributed by atoms with Crippen LogP contribution in [-0.2, 0) is 10.8 Å². The summed E-state index contributed by atoms with van der Waals surface area (Å²) >= 11 is 0. The van der Waals surface area contributed by atoms with Crippen LogP contribution < -0.4 is 5.32 Å². The summed E-state index contributed by atoms with van der Waals surface area (Å²) in [6, 6.07) is 6.72. The lowest BCUT2D eigenvalue weighted by molar-refractivity contribution is 0.0695. The minimum Gasteiger partial charge on any atom is -0.352 e. The standard InChI is InChI=1S/C17H24N2O3S/c1-4-8-18-16(20)14-6-5-7-15(11-14)17(21)19-9-10-23(22)13(3)12(19)2/h5-7,11-13H,4,8-10H2,1-3H3,(H,18,20)/t12-,13-,23+/m0/s1. The Balaban J connectivity index is 2.16. The van der Waals surface area contributed by atoms with Gasteiger partial charge in [-0.1, -0.05) is 13.0 Å². The molecule has 0 aromatic heterocycles. The maximum Gasteiger partial charge on any atom is 0.254 e. The quantitative estimate of drug-likeness (QED) is 0.912. The molecule has 1 aliphatic heterocycles. The van der Waals surface area contributed by atoms with E-state index >= 15 is 0 Å². The minimum atomic E-state index is -0.882. The van der Waals surface area contributed by atoms with E-state index in [-0.39, 0.29) is 23.1 Å². The summed E-state index contributed by atoms with van der Waals surface area (Å²) in [4.78, 5) is 26.5. The van der Waals surface area contributed by atoms with Gasteiger partial charge in [0.05, 0.1) is 5.25 Å². The molecule has 5 nitrogen and oxygen atoms in total. The van der Waals surface area contributed by atoms with Gasteiger partial charge in [-0.3, -0.25) is 13.8 Å². The monoisotopic (exact) mass is 336 g/mol. The lowest BCUT2D eigenvalue weighted by atomic mass is 10.1. The molecule has 1 fully saturated rings. The van der Waals surface area contributed by atoms with Gasteiger partial charge in [-0.2, -0.15) is 0 Å². The Morgan fingerprint density at radius 3 is 2.70 bits per heavy atom. The van der Waals surface area contributed by atoms with Crippen LogP contribution in [0.5, 0.6) is 0 Å². The van der Waals surface area contributed by atoms with E-state index in [1.807, 2.05) is 20.8 Å². The molecule has 1 aliphatic rings. The van der Waals surface area contributed by atoms with Crippen LogP contribution in [0.4, 0.5) is 0 Å². The molecule has 2 amide bonds. The smallest absolute Gasteiger partial charge is 0.254 e. The number of hydrogen-bond donors (Lipinski definition) is 1. The van der Waals surface area contributed by atoms with Crippen LogP contribution in [0.3, 0.4) is 0 Å². The topological polar surface area (TPSA) is 66.5 Å². The normalized spacial score (nSPS) is 24.3. The maximum atomic E-state index is 12.7. The minimum absolute atomic E-state index is 0.0382. The van der Waals surface area contributed by atoms with Gasteiger partial charge in [-0.15, -0.1) is 0 Å². The first-order chi connectivity index (χ1) is 11.0. The summed E-state index contributed by atoms with van der Waals surface area (Å²) in [5.41, 5.74) is 0.992. The van der Waals surface area contributed by atoms with Crippen LogP contribution in [0.1, 0.15) is 47.9 Å². The predicted octanol–water partition coefficient (Wildman–Crippen LogP) is 1.81. The van der Waals surface area contributed by atoms with Gasteiger partial charge < -0.3 is 10.2 Å². The first-order valence-electron chi connectivity index (χ1n) is 8.02. The van der Waals surface area contributed by atoms with Crippen LogP contribution in [0.15, 0.2) is 24.3 Å². The van der Waals surface area contributed by atoms with Crippen LogP contribution >= 0.6 is 0 Å². The summed E-state index contributed by atoms with van der Waals surface area (Å²) in [5.74, 6) is 0.238. The fourth-order valence-electron chi connectivity index (χ4n) is 2.64. The van der Waals surface area contributed by atoms with Crippen molar-refractivity contribution in [1.29, 1.82) is 0 Å².